The maximum atomic E-state index is 12.8. The first-order valence-electron chi connectivity index (χ1n) is 12.6. The minimum Gasteiger partial charge on any atom is -0.481 e. The molecule has 5 rings (SSSR count). The van der Waals surface area contributed by atoms with E-state index in [0.717, 1.165) is 19.3 Å². The van der Waals surface area contributed by atoms with Crippen LogP contribution in [0.15, 0.2) is 48.5 Å². The standard InChI is InChI=1S/C28H32N2O5/c31-26(32)15-25(17-6-5-7-17)30-27(33)18-12-13-19(14-18)29-28(34)35-16-24-22-10-3-1-8-20(22)21-9-2-4-11-23(21)24/h1-4,8-11,17-19,24-25H,5-7,12-16H2,(H,29,34)(H,30,33)(H,31,32)/t18-,19+,25?/m0/s1. The number of carboxylic acid groups (broad SMARTS) is 1. The molecule has 3 atom stereocenters. The van der Waals surface area contributed by atoms with Crippen LogP contribution in [0.2, 0.25) is 0 Å². The zero-order valence-corrected chi connectivity index (χ0v) is 19.7. The number of nitrogens with one attached hydrogen (secondary N) is 2. The summed E-state index contributed by atoms with van der Waals surface area (Å²) in [5, 5.41) is 15.1. The number of hydrogen-bond donors (Lipinski definition) is 3. The highest BCUT2D eigenvalue weighted by molar-refractivity contribution is 5.81. The third kappa shape index (κ3) is 5.04. The fourth-order valence-electron chi connectivity index (χ4n) is 5.82. The first-order valence-corrected chi connectivity index (χ1v) is 12.6. The molecule has 184 valence electrons. The van der Waals surface area contributed by atoms with E-state index in [2.05, 4.69) is 34.9 Å². The van der Waals surface area contributed by atoms with Crippen molar-refractivity contribution in [3.05, 3.63) is 59.7 Å². The van der Waals surface area contributed by atoms with Gasteiger partial charge in [-0.3, -0.25) is 9.59 Å². The number of ether oxygens (including phenoxy) is 1. The van der Waals surface area contributed by atoms with Crippen molar-refractivity contribution in [2.24, 2.45) is 11.8 Å². The van der Waals surface area contributed by atoms with Crippen LogP contribution in [0, 0.1) is 11.8 Å². The highest BCUT2D eigenvalue weighted by atomic mass is 16.5. The average molecular weight is 477 g/mol. The molecule has 35 heavy (non-hydrogen) atoms. The predicted molar refractivity (Wildman–Crippen MR) is 131 cm³/mol. The number of alkyl carbamates (subject to hydrolysis) is 1. The van der Waals surface area contributed by atoms with Crippen molar-refractivity contribution in [3.63, 3.8) is 0 Å². The normalized spacial score (nSPS) is 21.9. The Bertz CT molecular complexity index is 1070. The monoisotopic (exact) mass is 476 g/mol. The molecule has 3 aliphatic carbocycles. The van der Waals surface area contributed by atoms with Gasteiger partial charge in [0.25, 0.3) is 0 Å². The van der Waals surface area contributed by atoms with E-state index in [1.807, 2.05) is 24.3 Å². The zero-order valence-electron chi connectivity index (χ0n) is 19.7. The largest absolute Gasteiger partial charge is 0.481 e. The summed E-state index contributed by atoms with van der Waals surface area (Å²) in [5.41, 5.74) is 4.71. The summed E-state index contributed by atoms with van der Waals surface area (Å²) in [4.78, 5) is 36.6. The lowest BCUT2D eigenvalue weighted by Gasteiger charge is -2.34. The van der Waals surface area contributed by atoms with Crippen LogP contribution in [0.3, 0.4) is 0 Å². The SMILES string of the molecule is O=C(O)CC(NC(=O)[C@H]1CC[C@@H](NC(=O)OCC2c3ccccc3-c3ccccc32)C1)C1CCC1. The number of carboxylic acids is 1. The van der Waals surface area contributed by atoms with E-state index in [-0.39, 0.29) is 48.8 Å². The van der Waals surface area contributed by atoms with Crippen molar-refractivity contribution in [1.82, 2.24) is 10.6 Å². The number of carbonyl (C=O) groups is 3. The van der Waals surface area contributed by atoms with Crippen LogP contribution in [0.1, 0.15) is 62.0 Å². The van der Waals surface area contributed by atoms with E-state index in [1.165, 1.54) is 22.3 Å². The highest BCUT2D eigenvalue weighted by Gasteiger charge is 2.36. The number of amides is 2. The maximum Gasteiger partial charge on any atom is 0.407 e. The van der Waals surface area contributed by atoms with E-state index in [9.17, 15) is 19.5 Å². The molecular formula is C28H32N2O5. The Morgan fingerprint density at radius 2 is 1.60 bits per heavy atom. The van der Waals surface area contributed by atoms with Gasteiger partial charge in [0.2, 0.25) is 5.91 Å². The minimum absolute atomic E-state index is 0.00734. The third-order valence-electron chi connectivity index (χ3n) is 7.91. The molecule has 0 heterocycles. The molecule has 1 unspecified atom stereocenters. The predicted octanol–water partition coefficient (Wildman–Crippen LogP) is 4.45. The number of carbonyl (C=O) groups excluding carboxylic acids is 2. The van der Waals surface area contributed by atoms with Crippen LogP contribution in [-0.2, 0) is 14.3 Å². The van der Waals surface area contributed by atoms with Crippen LogP contribution in [0.5, 0.6) is 0 Å². The van der Waals surface area contributed by atoms with Crippen LogP contribution in [-0.4, -0.2) is 41.8 Å². The Kier molecular flexibility index (Phi) is 6.75. The van der Waals surface area contributed by atoms with E-state index < -0.39 is 12.1 Å². The van der Waals surface area contributed by atoms with Gasteiger partial charge in [0, 0.05) is 23.9 Å². The van der Waals surface area contributed by atoms with Crippen molar-refractivity contribution in [1.29, 1.82) is 0 Å². The van der Waals surface area contributed by atoms with Crippen molar-refractivity contribution in [2.45, 2.75) is 62.9 Å². The molecule has 0 aliphatic heterocycles. The van der Waals surface area contributed by atoms with Gasteiger partial charge < -0.3 is 20.5 Å². The Hall–Kier alpha value is -3.35. The van der Waals surface area contributed by atoms with Crippen molar-refractivity contribution < 1.29 is 24.2 Å². The topological polar surface area (TPSA) is 105 Å². The van der Waals surface area contributed by atoms with Crippen LogP contribution >= 0.6 is 0 Å². The molecule has 0 radical (unpaired) electrons. The molecule has 0 aromatic heterocycles. The van der Waals surface area contributed by atoms with E-state index in [4.69, 9.17) is 4.74 Å². The molecule has 2 amide bonds. The molecule has 2 aromatic rings. The molecular weight excluding hydrogens is 444 g/mol. The Morgan fingerprint density at radius 3 is 2.20 bits per heavy atom. The second-order valence-electron chi connectivity index (χ2n) is 10.1. The quantitative estimate of drug-likeness (QED) is 0.522. The fraction of sp³-hybridized carbons (Fsp3) is 0.464. The molecule has 2 fully saturated rings. The van der Waals surface area contributed by atoms with Gasteiger partial charge in [0.1, 0.15) is 6.61 Å². The van der Waals surface area contributed by atoms with Gasteiger partial charge in [0.05, 0.1) is 6.42 Å². The first-order chi connectivity index (χ1) is 17.0. The van der Waals surface area contributed by atoms with Crippen LogP contribution in [0.4, 0.5) is 4.79 Å². The number of hydrogen-bond acceptors (Lipinski definition) is 4. The molecule has 3 aliphatic rings. The Balaban J connectivity index is 1.12. The van der Waals surface area contributed by atoms with E-state index in [0.29, 0.717) is 19.3 Å². The second kappa shape index (κ2) is 10.1. The Morgan fingerprint density at radius 1 is 0.943 bits per heavy atom. The summed E-state index contributed by atoms with van der Waals surface area (Å²) in [7, 11) is 0. The molecule has 2 aromatic carbocycles. The second-order valence-corrected chi connectivity index (χ2v) is 10.1. The number of fused-ring (bicyclic) bond motifs is 3. The molecule has 0 spiro atoms. The fourth-order valence-corrected chi connectivity index (χ4v) is 5.82. The summed E-state index contributed by atoms with van der Waals surface area (Å²) < 4.78 is 5.64. The summed E-state index contributed by atoms with van der Waals surface area (Å²) >= 11 is 0. The highest BCUT2D eigenvalue weighted by Crippen LogP contribution is 2.44. The average Bonchev–Trinajstić information content (AvgIpc) is 3.39. The van der Waals surface area contributed by atoms with Gasteiger partial charge in [0.15, 0.2) is 0 Å². The van der Waals surface area contributed by atoms with Gasteiger partial charge in [-0.05, 0) is 60.3 Å². The summed E-state index contributed by atoms with van der Waals surface area (Å²) in [6.07, 6.45) is 4.44. The third-order valence-corrected chi connectivity index (χ3v) is 7.91. The molecule has 7 heteroatoms. The van der Waals surface area contributed by atoms with E-state index in [1.54, 1.807) is 0 Å². The molecule has 7 nitrogen and oxygen atoms in total. The molecule has 0 bridgehead atoms. The van der Waals surface area contributed by atoms with Crippen LogP contribution in [0.25, 0.3) is 11.1 Å². The summed E-state index contributed by atoms with van der Waals surface area (Å²) in [6.45, 7) is 0.259. The maximum absolute atomic E-state index is 12.8. The van der Waals surface area contributed by atoms with E-state index >= 15 is 0 Å². The van der Waals surface area contributed by atoms with Gasteiger partial charge in [-0.15, -0.1) is 0 Å². The number of rotatable bonds is 8. The minimum atomic E-state index is -0.886. The lowest BCUT2D eigenvalue weighted by atomic mass is 9.78. The summed E-state index contributed by atoms with van der Waals surface area (Å²) in [5.74, 6) is -0.937. The number of benzene rings is 2. The van der Waals surface area contributed by atoms with Gasteiger partial charge in [-0.2, -0.15) is 0 Å². The van der Waals surface area contributed by atoms with Crippen molar-refractivity contribution >= 4 is 18.0 Å². The Labute approximate surface area is 205 Å². The first kappa shape index (κ1) is 23.4. The van der Waals surface area contributed by atoms with Gasteiger partial charge >= 0.3 is 12.1 Å². The number of aliphatic carboxylic acids is 1. The lowest BCUT2D eigenvalue weighted by molar-refractivity contribution is -0.138. The van der Waals surface area contributed by atoms with Gasteiger partial charge in [-0.25, -0.2) is 4.79 Å². The molecule has 0 saturated heterocycles. The van der Waals surface area contributed by atoms with Crippen LogP contribution < -0.4 is 10.6 Å². The lowest BCUT2D eigenvalue weighted by Crippen LogP contribution is -2.46. The zero-order chi connectivity index (χ0) is 24.4. The summed E-state index contributed by atoms with van der Waals surface area (Å²) in [6, 6.07) is 16.0. The smallest absolute Gasteiger partial charge is 0.407 e. The molecule has 3 N–H and O–H groups in total. The van der Waals surface area contributed by atoms with Crippen molar-refractivity contribution in [2.75, 3.05) is 6.61 Å². The van der Waals surface area contributed by atoms with Gasteiger partial charge in [-0.1, -0.05) is 55.0 Å². The molecule has 2 saturated carbocycles. The van der Waals surface area contributed by atoms with Crippen molar-refractivity contribution in [3.8, 4) is 11.1 Å².